The van der Waals surface area contributed by atoms with E-state index in [0.717, 1.165) is 60.4 Å². The van der Waals surface area contributed by atoms with E-state index in [1.807, 2.05) is 23.4 Å². The van der Waals surface area contributed by atoms with E-state index in [1.54, 1.807) is 36.2 Å². The number of hydrogen-bond acceptors (Lipinski definition) is 8. The number of methoxy groups -OCH3 is 1. The topological polar surface area (TPSA) is 109 Å². The lowest BCUT2D eigenvalue weighted by molar-refractivity contribution is 0.0640. The molecule has 2 unspecified atom stereocenters. The summed E-state index contributed by atoms with van der Waals surface area (Å²) >= 11 is 0. The van der Waals surface area contributed by atoms with Gasteiger partial charge in [-0.15, -0.1) is 0 Å². The number of anilines is 1. The van der Waals surface area contributed by atoms with E-state index in [2.05, 4.69) is 39.3 Å². The van der Waals surface area contributed by atoms with Crippen LogP contribution >= 0.6 is 0 Å². The van der Waals surface area contributed by atoms with Gasteiger partial charge in [-0.1, -0.05) is 6.08 Å². The van der Waals surface area contributed by atoms with Gasteiger partial charge in [-0.2, -0.15) is 10.4 Å². The first kappa shape index (κ1) is 25.2. The van der Waals surface area contributed by atoms with E-state index in [-0.39, 0.29) is 18.0 Å². The van der Waals surface area contributed by atoms with Gasteiger partial charge >= 0.3 is 0 Å². The van der Waals surface area contributed by atoms with Crippen LogP contribution < -0.4 is 9.64 Å². The monoisotopic (exact) mass is 547 g/mol. The number of aromatic nitrogens is 4. The molecule has 0 spiro atoms. The average molecular weight is 548 g/mol. The fourth-order valence-corrected chi connectivity index (χ4v) is 6.32. The molecule has 3 aliphatic heterocycles. The molecule has 2 fully saturated rings. The Morgan fingerprint density at radius 3 is 2.59 bits per heavy atom. The van der Waals surface area contributed by atoms with Crippen molar-refractivity contribution in [2.24, 2.45) is 0 Å². The first-order valence-electron chi connectivity index (χ1n) is 13.9. The quantitative estimate of drug-likeness (QED) is 0.369. The minimum Gasteiger partial charge on any atom is -0.481 e. The van der Waals surface area contributed by atoms with E-state index in [1.165, 1.54) is 5.57 Å². The van der Waals surface area contributed by atoms with Crippen LogP contribution in [-0.4, -0.2) is 75.9 Å². The molecule has 10 heteroatoms. The highest BCUT2D eigenvalue weighted by atomic mass is 16.5. The third-order valence-electron chi connectivity index (χ3n) is 8.36. The van der Waals surface area contributed by atoms with Crippen molar-refractivity contribution in [3.63, 3.8) is 0 Å². The van der Waals surface area contributed by atoms with Crippen molar-refractivity contribution in [1.82, 2.24) is 24.5 Å². The molecule has 3 aliphatic rings. The summed E-state index contributed by atoms with van der Waals surface area (Å²) in [6, 6.07) is 12.3. The molecule has 2 saturated heterocycles. The second kappa shape index (κ2) is 10.3. The lowest BCUT2D eigenvalue weighted by Gasteiger charge is -2.41. The molecule has 2 bridgehead atoms. The first-order valence-corrected chi connectivity index (χ1v) is 13.9. The van der Waals surface area contributed by atoms with Crippen LogP contribution in [0.2, 0.25) is 0 Å². The highest BCUT2D eigenvalue weighted by molar-refractivity contribution is 5.95. The standard InChI is InChI=1S/C31H29N7O3/c1-40-29-7-3-22(15-34-29)31(39)38-25-4-5-26(38)19-36(18-25)28-6-2-21(14-33-28)27-12-23(20-8-10-41-11-9-20)17-37-30(27)24(13-32)16-35-37/h2-3,6-8,12,14-17,25-26H,4-5,9-11,18-19H2,1H3. The number of amides is 1. The molecule has 0 aliphatic carbocycles. The maximum absolute atomic E-state index is 13.4. The van der Waals surface area contributed by atoms with Gasteiger partial charge in [0.25, 0.3) is 5.91 Å². The Labute approximate surface area is 237 Å². The minimum absolute atomic E-state index is 0.0215. The van der Waals surface area contributed by atoms with Gasteiger partial charge in [0.1, 0.15) is 11.9 Å². The molecular formula is C31H29N7O3. The highest BCUT2D eigenvalue weighted by Gasteiger charge is 2.43. The zero-order valence-electron chi connectivity index (χ0n) is 22.7. The van der Waals surface area contributed by atoms with Crippen molar-refractivity contribution >= 4 is 22.8 Å². The van der Waals surface area contributed by atoms with Gasteiger partial charge in [0.15, 0.2) is 0 Å². The minimum atomic E-state index is 0.0215. The summed E-state index contributed by atoms with van der Waals surface area (Å²) in [7, 11) is 1.56. The first-order chi connectivity index (χ1) is 20.1. The van der Waals surface area contributed by atoms with Crippen molar-refractivity contribution in [2.75, 3.05) is 38.3 Å². The number of hydrogen-bond donors (Lipinski definition) is 0. The Morgan fingerprint density at radius 2 is 1.93 bits per heavy atom. The molecule has 7 rings (SSSR count). The Morgan fingerprint density at radius 1 is 1.07 bits per heavy atom. The fraction of sp³-hybridized carbons (Fsp3) is 0.323. The van der Waals surface area contributed by atoms with E-state index in [0.29, 0.717) is 30.2 Å². The van der Waals surface area contributed by atoms with Crippen LogP contribution in [0.1, 0.15) is 40.7 Å². The third kappa shape index (κ3) is 4.48. The molecular weight excluding hydrogens is 518 g/mol. The summed E-state index contributed by atoms with van der Waals surface area (Å²) in [6.45, 7) is 2.75. The number of piperazine rings is 1. The molecule has 1 amide bonds. The molecule has 4 aromatic heterocycles. The van der Waals surface area contributed by atoms with Crippen LogP contribution in [0.25, 0.3) is 22.2 Å². The van der Waals surface area contributed by atoms with Gasteiger partial charge in [0.2, 0.25) is 5.88 Å². The zero-order chi connectivity index (χ0) is 27.9. The maximum atomic E-state index is 13.4. The molecule has 0 saturated carbocycles. The van der Waals surface area contributed by atoms with Crippen molar-refractivity contribution in [1.29, 1.82) is 5.26 Å². The van der Waals surface area contributed by atoms with Crippen molar-refractivity contribution in [2.45, 2.75) is 31.3 Å². The summed E-state index contributed by atoms with van der Waals surface area (Å²) in [5.74, 6) is 1.40. The van der Waals surface area contributed by atoms with Gasteiger partial charge in [-0.25, -0.2) is 14.5 Å². The number of ether oxygens (including phenoxy) is 2. The summed E-state index contributed by atoms with van der Waals surface area (Å²) in [5, 5.41) is 14.2. The summed E-state index contributed by atoms with van der Waals surface area (Å²) in [5.41, 5.74) is 6.02. The van der Waals surface area contributed by atoms with E-state index >= 15 is 0 Å². The Hall–Kier alpha value is -4.75. The fourth-order valence-electron chi connectivity index (χ4n) is 6.32. The number of rotatable bonds is 5. The Bertz CT molecular complexity index is 1670. The average Bonchev–Trinajstić information content (AvgIpc) is 3.57. The largest absolute Gasteiger partial charge is 0.481 e. The van der Waals surface area contributed by atoms with Gasteiger partial charge in [0, 0.05) is 48.9 Å². The van der Waals surface area contributed by atoms with E-state index < -0.39 is 0 Å². The van der Waals surface area contributed by atoms with Crippen LogP contribution in [0.3, 0.4) is 0 Å². The molecule has 0 N–H and O–H groups in total. The normalized spacial score (nSPS) is 20.1. The van der Waals surface area contributed by atoms with Crippen LogP contribution in [0.5, 0.6) is 5.88 Å². The second-order valence-electron chi connectivity index (χ2n) is 10.7. The lowest BCUT2D eigenvalue weighted by atomic mass is 9.98. The Balaban J connectivity index is 1.15. The van der Waals surface area contributed by atoms with Crippen LogP contribution in [0, 0.1) is 11.3 Å². The summed E-state index contributed by atoms with van der Waals surface area (Å²) in [4.78, 5) is 26.7. The third-order valence-corrected chi connectivity index (χ3v) is 8.36. The maximum Gasteiger partial charge on any atom is 0.256 e. The van der Waals surface area contributed by atoms with Crippen LogP contribution in [0.4, 0.5) is 5.82 Å². The zero-order valence-corrected chi connectivity index (χ0v) is 22.7. The van der Waals surface area contributed by atoms with Gasteiger partial charge < -0.3 is 19.3 Å². The van der Waals surface area contributed by atoms with Crippen LogP contribution in [0.15, 0.2) is 61.2 Å². The predicted octanol–water partition coefficient (Wildman–Crippen LogP) is 3.97. The molecule has 0 aromatic carbocycles. The number of carbonyl (C=O) groups is 1. The van der Waals surface area contributed by atoms with Gasteiger partial charge in [-0.05, 0) is 54.7 Å². The Kier molecular flexibility index (Phi) is 6.36. The molecule has 41 heavy (non-hydrogen) atoms. The number of fused-ring (bicyclic) bond motifs is 3. The molecule has 0 radical (unpaired) electrons. The predicted molar refractivity (Wildman–Crippen MR) is 153 cm³/mol. The van der Waals surface area contributed by atoms with Crippen molar-refractivity contribution < 1.29 is 14.3 Å². The number of nitriles is 1. The molecule has 10 nitrogen and oxygen atoms in total. The van der Waals surface area contributed by atoms with Gasteiger partial charge in [0.05, 0.1) is 55.2 Å². The van der Waals surface area contributed by atoms with E-state index in [4.69, 9.17) is 14.5 Å². The smallest absolute Gasteiger partial charge is 0.256 e. The van der Waals surface area contributed by atoms with Gasteiger partial charge in [-0.3, -0.25) is 4.79 Å². The van der Waals surface area contributed by atoms with Crippen LogP contribution in [-0.2, 0) is 4.74 Å². The molecule has 2 atom stereocenters. The lowest BCUT2D eigenvalue weighted by Crippen LogP contribution is -2.56. The van der Waals surface area contributed by atoms with E-state index in [9.17, 15) is 10.1 Å². The molecule has 206 valence electrons. The summed E-state index contributed by atoms with van der Waals surface area (Å²) in [6.07, 6.45) is 11.9. The molecule has 4 aromatic rings. The SMILES string of the molecule is COc1ccc(C(=O)N2C3CCC2CN(c2ccc(-c4cc(C5=CCOCC5)cn5ncc(C#N)c45)cn2)C3)cn1. The highest BCUT2D eigenvalue weighted by Crippen LogP contribution is 2.35. The number of pyridine rings is 3. The van der Waals surface area contributed by atoms with Crippen molar-refractivity contribution in [3.8, 4) is 23.1 Å². The molecule has 7 heterocycles. The second-order valence-corrected chi connectivity index (χ2v) is 10.7. The van der Waals surface area contributed by atoms with Crippen molar-refractivity contribution in [3.05, 3.63) is 77.9 Å². The number of carbonyl (C=O) groups excluding carboxylic acids is 1. The number of nitrogens with zero attached hydrogens (tertiary/aromatic N) is 7. The summed E-state index contributed by atoms with van der Waals surface area (Å²) < 4.78 is 12.4.